The van der Waals surface area contributed by atoms with E-state index in [-0.39, 0.29) is 29.8 Å². The molecule has 10 nitrogen and oxygen atoms in total. The summed E-state index contributed by atoms with van der Waals surface area (Å²) >= 11 is 0. The SMILES string of the molecule is CC(C)(C)COC(=O)NC(Cc1ccc2oc(CCCN=C(N)N)cc(=O)c2c1)C(=O)O. The van der Waals surface area contributed by atoms with Crippen LogP contribution in [0.5, 0.6) is 0 Å². The number of aliphatic carboxylic acids is 1. The number of carboxylic acid groups (broad SMARTS) is 1. The second-order valence-electron chi connectivity index (χ2n) is 8.69. The highest BCUT2D eigenvalue weighted by atomic mass is 16.5. The zero-order chi connectivity index (χ0) is 23.9. The number of nitrogens with one attached hydrogen (secondary N) is 1. The van der Waals surface area contributed by atoms with Gasteiger partial charge in [-0.25, -0.2) is 9.59 Å². The van der Waals surface area contributed by atoms with E-state index in [0.29, 0.717) is 41.7 Å². The summed E-state index contributed by atoms with van der Waals surface area (Å²) in [4.78, 5) is 40.0. The number of amides is 1. The lowest BCUT2D eigenvalue weighted by molar-refractivity contribution is -0.139. The molecule has 1 aromatic heterocycles. The maximum atomic E-state index is 12.5. The Labute approximate surface area is 185 Å². The normalized spacial score (nSPS) is 12.2. The number of carbonyl (C=O) groups excluding carboxylic acids is 1. The Morgan fingerprint density at radius 2 is 1.97 bits per heavy atom. The maximum Gasteiger partial charge on any atom is 0.407 e. The van der Waals surface area contributed by atoms with Crippen LogP contribution in [-0.2, 0) is 22.4 Å². The molecule has 0 radical (unpaired) electrons. The van der Waals surface area contributed by atoms with Crippen molar-refractivity contribution in [1.82, 2.24) is 5.32 Å². The van der Waals surface area contributed by atoms with Gasteiger partial charge < -0.3 is 31.0 Å². The van der Waals surface area contributed by atoms with Gasteiger partial charge in [0.15, 0.2) is 11.4 Å². The van der Waals surface area contributed by atoms with Crippen LogP contribution in [0.2, 0.25) is 0 Å². The minimum Gasteiger partial charge on any atom is -0.480 e. The monoisotopic (exact) mass is 446 g/mol. The number of carbonyl (C=O) groups is 2. The topological polar surface area (TPSA) is 170 Å². The molecule has 1 aromatic carbocycles. The minimum absolute atomic E-state index is 0.00844. The van der Waals surface area contributed by atoms with E-state index in [2.05, 4.69) is 10.3 Å². The number of nitrogens with zero attached hydrogens (tertiary/aromatic N) is 1. The summed E-state index contributed by atoms with van der Waals surface area (Å²) in [6.07, 6.45) is 0.279. The Balaban J connectivity index is 2.11. The number of rotatable bonds is 9. The van der Waals surface area contributed by atoms with Gasteiger partial charge in [0, 0.05) is 25.5 Å². The first kappa shape index (κ1) is 24.7. The summed E-state index contributed by atoms with van der Waals surface area (Å²) < 4.78 is 10.8. The van der Waals surface area contributed by atoms with Crippen molar-refractivity contribution >= 4 is 29.0 Å². The first-order valence-corrected chi connectivity index (χ1v) is 10.2. The van der Waals surface area contributed by atoms with Crippen LogP contribution in [0, 0.1) is 5.41 Å². The van der Waals surface area contributed by atoms with Crippen molar-refractivity contribution in [3.05, 3.63) is 45.8 Å². The van der Waals surface area contributed by atoms with Gasteiger partial charge in [-0.2, -0.15) is 0 Å². The molecule has 0 aliphatic heterocycles. The number of hydrogen-bond acceptors (Lipinski definition) is 6. The van der Waals surface area contributed by atoms with E-state index in [4.69, 9.17) is 20.6 Å². The van der Waals surface area contributed by atoms with E-state index >= 15 is 0 Å². The number of aliphatic imine (C=N–C) groups is 1. The van der Waals surface area contributed by atoms with Gasteiger partial charge in [0.05, 0.1) is 12.0 Å². The first-order chi connectivity index (χ1) is 14.9. The van der Waals surface area contributed by atoms with E-state index in [9.17, 15) is 19.5 Å². The number of guanidine groups is 1. The third-order valence-electron chi connectivity index (χ3n) is 4.38. The van der Waals surface area contributed by atoms with Gasteiger partial charge in [-0.1, -0.05) is 26.8 Å². The number of alkyl carbamates (subject to hydrolysis) is 1. The van der Waals surface area contributed by atoms with Gasteiger partial charge in [0.1, 0.15) is 17.4 Å². The molecular weight excluding hydrogens is 416 g/mol. The fourth-order valence-electron chi connectivity index (χ4n) is 2.87. The number of nitrogens with two attached hydrogens (primary N) is 2. The molecule has 1 amide bonds. The standard InChI is InChI=1S/C22H30N4O6/c1-22(2,3)12-31-21(30)26-16(19(28)29)10-13-6-7-18-15(9-13)17(27)11-14(32-18)5-4-8-25-20(23)24/h6-7,9,11,16H,4-5,8,10,12H2,1-3H3,(H,26,30)(H,28,29)(H4,23,24,25). The highest BCUT2D eigenvalue weighted by Crippen LogP contribution is 2.17. The summed E-state index contributed by atoms with van der Waals surface area (Å²) in [5, 5.41) is 12.2. The molecule has 6 N–H and O–H groups in total. The molecule has 1 unspecified atom stereocenters. The number of carboxylic acids is 1. The molecule has 1 atom stereocenters. The molecule has 0 bridgehead atoms. The summed E-state index contributed by atoms with van der Waals surface area (Å²) in [5.74, 6) is -0.692. The Bertz CT molecular complexity index is 1050. The van der Waals surface area contributed by atoms with Crippen molar-refractivity contribution < 1.29 is 23.8 Å². The Morgan fingerprint density at radius 1 is 1.25 bits per heavy atom. The van der Waals surface area contributed by atoms with Crippen LogP contribution in [0.3, 0.4) is 0 Å². The molecule has 0 saturated carbocycles. The average molecular weight is 447 g/mol. The lowest BCUT2D eigenvalue weighted by Gasteiger charge is -2.20. The minimum atomic E-state index is -1.21. The van der Waals surface area contributed by atoms with Crippen LogP contribution in [-0.4, -0.2) is 42.3 Å². The van der Waals surface area contributed by atoms with Gasteiger partial charge in [-0.15, -0.1) is 0 Å². The molecule has 0 spiro atoms. The Morgan fingerprint density at radius 3 is 2.59 bits per heavy atom. The van der Waals surface area contributed by atoms with Crippen molar-refractivity contribution in [3.8, 4) is 0 Å². The van der Waals surface area contributed by atoms with E-state index in [0.717, 1.165) is 0 Å². The van der Waals surface area contributed by atoms with E-state index in [1.807, 2.05) is 20.8 Å². The molecule has 32 heavy (non-hydrogen) atoms. The van der Waals surface area contributed by atoms with Crippen LogP contribution in [0.25, 0.3) is 11.0 Å². The van der Waals surface area contributed by atoms with Gasteiger partial charge in [-0.3, -0.25) is 9.79 Å². The molecule has 1 heterocycles. The summed E-state index contributed by atoms with van der Waals surface area (Å²) in [6.45, 7) is 6.25. The summed E-state index contributed by atoms with van der Waals surface area (Å²) in [6, 6.07) is 5.04. The van der Waals surface area contributed by atoms with Gasteiger partial charge in [0.25, 0.3) is 0 Å². The second kappa shape index (κ2) is 10.7. The second-order valence-corrected chi connectivity index (χ2v) is 8.69. The molecule has 10 heteroatoms. The van der Waals surface area contributed by atoms with Crippen LogP contribution in [0.1, 0.15) is 38.5 Å². The molecule has 2 rings (SSSR count). The quantitative estimate of drug-likeness (QED) is 0.256. The van der Waals surface area contributed by atoms with Crippen LogP contribution < -0.4 is 22.2 Å². The van der Waals surface area contributed by atoms with Crippen LogP contribution in [0.4, 0.5) is 4.79 Å². The Kier molecular flexibility index (Phi) is 8.22. The lowest BCUT2D eigenvalue weighted by Crippen LogP contribution is -2.43. The number of aryl methyl sites for hydroxylation is 1. The van der Waals surface area contributed by atoms with E-state index in [1.165, 1.54) is 6.07 Å². The average Bonchev–Trinajstić information content (AvgIpc) is 2.69. The number of ether oxygens (including phenoxy) is 1. The molecule has 0 aliphatic carbocycles. The maximum absolute atomic E-state index is 12.5. The van der Waals surface area contributed by atoms with E-state index < -0.39 is 18.1 Å². The predicted molar refractivity (Wildman–Crippen MR) is 121 cm³/mol. The van der Waals surface area contributed by atoms with Crippen LogP contribution >= 0.6 is 0 Å². The molecule has 0 aliphatic rings. The van der Waals surface area contributed by atoms with Gasteiger partial charge in [-0.05, 0) is 29.5 Å². The van der Waals surface area contributed by atoms with E-state index in [1.54, 1.807) is 18.2 Å². The lowest BCUT2D eigenvalue weighted by atomic mass is 9.99. The third kappa shape index (κ3) is 7.93. The fraction of sp³-hybridized carbons (Fsp3) is 0.455. The first-order valence-electron chi connectivity index (χ1n) is 10.2. The van der Waals surface area contributed by atoms with Crippen molar-refractivity contribution in [2.24, 2.45) is 21.9 Å². The molecule has 0 saturated heterocycles. The number of benzene rings is 1. The zero-order valence-electron chi connectivity index (χ0n) is 18.5. The molecule has 2 aromatic rings. The van der Waals surface area contributed by atoms with Crippen molar-refractivity contribution in [2.75, 3.05) is 13.2 Å². The Hall–Kier alpha value is -3.56. The number of fused-ring (bicyclic) bond motifs is 1. The molecular formula is C22H30N4O6. The van der Waals surface area contributed by atoms with Crippen LogP contribution in [0.15, 0.2) is 38.5 Å². The van der Waals surface area contributed by atoms with Crippen molar-refractivity contribution in [1.29, 1.82) is 0 Å². The van der Waals surface area contributed by atoms with Gasteiger partial charge in [0.2, 0.25) is 0 Å². The fourth-order valence-corrected chi connectivity index (χ4v) is 2.87. The van der Waals surface area contributed by atoms with Crippen molar-refractivity contribution in [2.45, 2.75) is 46.1 Å². The largest absolute Gasteiger partial charge is 0.480 e. The molecule has 0 fully saturated rings. The van der Waals surface area contributed by atoms with Gasteiger partial charge >= 0.3 is 12.1 Å². The summed E-state index contributed by atoms with van der Waals surface area (Å²) in [5.41, 5.74) is 11.0. The third-order valence-corrected chi connectivity index (χ3v) is 4.38. The molecule has 174 valence electrons. The zero-order valence-corrected chi connectivity index (χ0v) is 18.5. The number of hydrogen-bond donors (Lipinski definition) is 4. The van der Waals surface area contributed by atoms with Crippen molar-refractivity contribution in [3.63, 3.8) is 0 Å². The highest BCUT2D eigenvalue weighted by Gasteiger charge is 2.23. The highest BCUT2D eigenvalue weighted by molar-refractivity contribution is 5.81. The predicted octanol–water partition coefficient (Wildman–Crippen LogP) is 1.77. The smallest absolute Gasteiger partial charge is 0.407 e. The summed E-state index contributed by atoms with van der Waals surface area (Å²) in [7, 11) is 0.